The van der Waals surface area contributed by atoms with Gasteiger partial charge in [0.1, 0.15) is 26.8 Å². The number of carbonyl (C=O) groups excluding carboxylic acids is 7. The molecule has 4 atom stereocenters. The highest BCUT2D eigenvalue weighted by Crippen LogP contribution is 2.42. The van der Waals surface area contributed by atoms with E-state index in [4.69, 9.17) is 29.7 Å². The first kappa shape index (κ1) is 41.0. The van der Waals surface area contributed by atoms with Crippen LogP contribution in [-0.4, -0.2) is 138 Å². The van der Waals surface area contributed by atoms with Crippen LogP contribution in [0.25, 0.3) is 0 Å². The number of aromatic amines is 1. The van der Waals surface area contributed by atoms with E-state index in [2.05, 4.69) is 26.0 Å². The standard InChI is InChI=1S/C32H37N9O11S4/c1-3-49-32(48)51-15(2)50-28(45)24-17(13-55-21-11-34-39-38-21)14-56-27-23(26(44)41(24)27)37-20(42)9-16-5-4-6-19(36-31-53-7-8-54-31)25(16)52-22(43)10-18-12-40(29(33)46)30(47)35-18/h4-5,11,15,18,23,27,31H,3,6-10,12-14H2,1-2H3,(H2,33,46)(H,35,47)(H,37,42)(H,34,38,39)/t15?,18?,23?,27-/m0/s1. The zero-order chi connectivity index (χ0) is 39.9. The second kappa shape index (κ2) is 18.5. The Bertz CT molecular complexity index is 1880. The summed E-state index contributed by atoms with van der Waals surface area (Å²) in [5.74, 6) is -0.295. The molecule has 5 N–H and O–H groups in total. The molecule has 0 aromatic carbocycles. The van der Waals surface area contributed by atoms with Gasteiger partial charge in [-0.1, -0.05) is 23.9 Å². The largest absolute Gasteiger partial charge is 0.511 e. The Morgan fingerprint density at radius 2 is 1.95 bits per heavy atom. The molecule has 56 heavy (non-hydrogen) atoms. The first-order chi connectivity index (χ1) is 26.9. The molecule has 5 aliphatic rings. The maximum atomic E-state index is 13.7. The van der Waals surface area contributed by atoms with E-state index < -0.39 is 65.7 Å². The molecule has 0 saturated carbocycles. The summed E-state index contributed by atoms with van der Waals surface area (Å²) in [5.41, 5.74) is 6.57. The first-order valence-electron chi connectivity index (χ1n) is 17.2. The SMILES string of the molecule is CCOC(=O)OC(C)OC(=O)C1=C(CSc2cn[nH]n2)CS[C@H]2C(NC(=O)CC3=C(OC(=O)CC4CN(C(N)=O)C(=O)N4)C(=NC4SCCS4)CC=C3)C(=O)N12. The van der Waals surface area contributed by atoms with E-state index in [1.807, 2.05) is 0 Å². The monoisotopic (exact) mass is 851 g/mol. The van der Waals surface area contributed by atoms with E-state index >= 15 is 0 Å². The molecule has 1 aromatic heterocycles. The lowest BCUT2D eigenvalue weighted by molar-refractivity contribution is -0.169. The van der Waals surface area contributed by atoms with E-state index in [0.717, 1.165) is 16.4 Å². The number of primary amides is 1. The van der Waals surface area contributed by atoms with Crippen molar-refractivity contribution >= 4 is 94.7 Å². The number of rotatable bonds is 14. The molecular weight excluding hydrogens is 815 g/mol. The Morgan fingerprint density at radius 3 is 2.64 bits per heavy atom. The summed E-state index contributed by atoms with van der Waals surface area (Å²) in [7, 11) is 0. The molecule has 3 unspecified atom stereocenters. The predicted octanol–water partition coefficient (Wildman–Crippen LogP) is 1.83. The van der Waals surface area contributed by atoms with Crippen molar-refractivity contribution in [3.8, 4) is 0 Å². The van der Waals surface area contributed by atoms with E-state index in [-0.39, 0.29) is 47.9 Å². The van der Waals surface area contributed by atoms with Gasteiger partial charge < -0.3 is 35.3 Å². The van der Waals surface area contributed by atoms with Gasteiger partial charge in [-0.25, -0.2) is 24.1 Å². The molecule has 300 valence electrons. The van der Waals surface area contributed by atoms with E-state index in [1.54, 1.807) is 42.6 Å². The Hall–Kier alpha value is -4.68. The van der Waals surface area contributed by atoms with Crippen LogP contribution in [0.15, 0.2) is 51.0 Å². The molecule has 1 aromatic rings. The number of nitrogens with zero attached hydrogens (tertiary/aromatic N) is 5. The van der Waals surface area contributed by atoms with Gasteiger partial charge >= 0.3 is 30.2 Å². The lowest BCUT2D eigenvalue weighted by Crippen LogP contribution is -2.70. The van der Waals surface area contributed by atoms with Gasteiger partial charge in [-0.15, -0.1) is 40.4 Å². The molecule has 24 heteroatoms. The fraction of sp³-hybridized carbons (Fsp3) is 0.500. The summed E-state index contributed by atoms with van der Waals surface area (Å²) in [6.45, 7) is 2.86. The van der Waals surface area contributed by atoms with Crippen LogP contribution in [0.2, 0.25) is 0 Å². The van der Waals surface area contributed by atoms with Crippen molar-refractivity contribution < 1.29 is 52.5 Å². The highest BCUT2D eigenvalue weighted by molar-refractivity contribution is 8.20. The Morgan fingerprint density at radius 1 is 1.16 bits per heavy atom. The van der Waals surface area contributed by atoms with Crippen LogP contribution in [0.3, 0.4) is 0 Å². The topological polar surface area (TPSA) is 267 Å². The number of ether oxygens (including phenoxy) is 4. The van der Waals surface area contributed by atoms with E-state index in [0.29, 0.717) is 34.1 Å². The van der Waals surface area contributed by atoms with Crippen LogP contribution >= 0.6 is 47.0 Å². The fourth-order valence-electron chi connectivity index (χ4n) is 5.97. The van der Waals surface area contributed by atoms with Crippen LogP contribution < -0.4 is 16.4 Å². The smallest absolute Gasteiger partial charge is 0.435 e. The van der Waals surface area contributed by atoms with Crippen LogP contribution in [0.5, 0.6) is 0 Å². The van der Waals surface area contributed by atoms with Crippen molar-refractivity contribution in [3.05, 3.63) is 41.0 Å². The number of esters is 2. The Balaban J connectivity index is 1.16. The second-order valence-corrected chi connectivity index (χ2v) is 17.1. The normalized spacial score (nSPS) is 23.4. The molecule has 0 radical (unpaired) electrons. The van der Waals surface area contributed by atoms with Gasteiger partial charge in [0, 0.05) is 41.9 Å². The predicted molar refractivity (Wildman–Crippen MR) is 204 cm³/mol. The van der Waals surface area contributed by atoms with E-state index in [9.17, 15) is 33.6 Å². The van der Waals surface area contributed by atoms with Crippen molar-refractivity contribution in [2.45, 2.75) is 66.6 Å². The number of H-pyrrole nitrogens is 1. The van der Waals surface area contributed by atoms with Crippen LogP contribution in [0, 0.1) is 0 Å². The highest BCUT2D eigenvalue weighted by Gasteiger charge is 2.54. The molecule has 1 aliphatic carbocycles. The summed E-state index contributed by atoms with van der Waals surface area (Å²) >= 11 is 5.90. The van der Waals surface area contributed by atoms with Gasteiger partial charge in [0.2, 0.25) is 12.2 Å². The third-order valence-corrected chi connectivity index (χ3v) is 13.5. The number of fused-ring (bicyclic) bond motifs is 1. The number of nitrogens with two attached hydrogens (primary N) is 1. The van der Waals surface area contributed by atoms with Gasteiger partial charge in [0.15, 0.2) is 5.76 Å². The quantitative estimate of drug-likeness (QED) is 0.0684. The minimum absolute atomic E-state index is 0.0346. The second-order valence-electron chi connectivity index (χ2n) is 12.3. The highest BCUT2D eigenvalue weighted by atomic mass is 32.2. The number of thioether (sulfide) groups is 4. The lowest BCUT2D eigenvalue weighted by Gasteiger charge is -2.49. The molecule has 20 nitrogen and oxygen atoms in total. The molecule has 0 spiro atoms. The number of amides is 6. The minimum atomic E-state index is -1.33. The summed E-state index contributed by atoms with van der Waals surface area (Å²) in [5, 5.41) is 15.5. The van der Waals surface area contributed by atoms with Crippen molar-refractivity contribution in [1.82, 2.24) is 35.8 Å². The lowest BCUT2D eigenvalue weighted by atomic mass is 9.98. The summed E-state index contributed by atoms with van der Waals surface area (Å²) in [6, 6.07) is -3.41. The number of urea groups is 2. The summed E-state index contributed by atoms with van der Waals surface area (Å²) < 4.78 is 20.8. The van der Waals surface area contributed by atoms with Crippen molar-refractivity contribution in [2.24, 2.45) is 10.7 Å². The number of imide groups is 1. The Kier molecular flexibility index (Phi) is 13.5. The molecule has 6 amide bonds. The minimum Gasteiger partial charge on any atom is -0.435 e. The molecule has 3 saturated heterocycles. The number of hydrogen-bond donors (Lipinski definition) is 4. The third-order valence-electron chi connectivity index (χ3n) is 8.41. The fourth-order valence-corrected chi connectivity index (χ4v) is 10.8. The summed E-state index contributed by atoms with van der Waals surface area (Å²) in [4.78, 5) is 96.4. The average Bonchev–Trinajstić information content (AvgIpc) is 3.94. The zero-order valence-electron chi connectivity index (χ0n) is 29.9. The van der Waals surface area contributed by atoms with Crippen molar-refractivity contribution in [2.75, 3.05) is 36.2 Å². The van der Waals surface area contributed by atoms with Gasteiger partial charge in [-0.05, 0) is 12.5 Å². The summed E-state index contributed by atoms with van der Waals surface area (Å²) in [6.07, 6.45) is 2.37. The van der Waals surface area contributed by atoms with Gasteiger partial charge in [0.05, 0.1) is 43.9 Å². The van der Waals surface area contributed by atoms with Crippen LogP contribution in [0.1, 0.15) is 33.1 Å². The van der Waals surface area contributed by atoms with Gasteiger partial charge in [0.25, 0.3) is 5.91 Å². The molecule has 5 heterocycles. The van der Waals surface area contributed by atoms with E-state index in [1.165, 1.54) is 41.5 Å². The maximum absolute atomic E-state index is 13.7. The molecule has 4 aliphatic heterocycles. The van der Waals surface area contributed by atoms with Gasteiger partial charge in [-0.3, -0.25) is 24.3 Å². The average molecular weight is 852 g/mol. The number of allylic oxidation sites excluding steroid dienone is 3. The van der Waals surface area contributed by atoms with Crippen LogP contribution in [-0.2, 0) is 38.1 Å². The van der Waals surface area contributed by atoms with Gasteiger partial charge in [-0.2, -0.15) is 10.3 Å². The van der Waals surface area contributed by atoms with Crippen molar-refractivity contribution in [1.29, 1.82) is 0 Å². The molecule has 3 fully saturated rings. The molecule has 0 bridgehead atoms. The van der Waals surface area contributed by atoms with Crippen molar-refractivity contribution in [3.63, 3.8) is 0 Å². The van der Waals surface area contributed by atoms with Crippen LogP contribution in [0.4, 0.5) is 14.4 Å². The number of aliphatic imine (C=N–C) groups is 1. The molecular formula is C32H37N9O11S4. The number of aromatic nitrogens is 3. The number of carbonyl (C=O) groups is 7. The zero-order valence-corrected chi connectivity index (χ0v) is 33.2. The third kappa shape index (κ3) is 9.81. The first-order valence-corrected chi connectivity index (χ1v) is 21.3. The number of hydrogen-bond acceptors (Lipinski definition) is 18. The number of β-lactam (4-membered cyclic amide) rings is 1. The Labute approximate surface area is 336 Å². The number of nitrogens with one attached hydrogen (secondary N) is 3. The molecule has 6 rings (SSSR count). The maximum Gasteiger partial charge on any atom is 0.511 e.